The first-order chi connectivity index (χ1) is 13.1. The lowest BCUT2D eigenvalue weighted by atomic mass is 10.1. The van der Waals surface area contributed by atoms with E-state index in [-0.39, 0.29) is 11.8 Å². The molecule has 0 aliphatic heterocycles. The van der Waals surface area contributed by atoms with Gasteiger partial charge in [0.15, 0.2) is 0 Å². The molecule has 0 bridgehead atoms. The number of hydrogen-bond acceptors (Lipinski definition) is 3. The fourth-order valence-electron chi connectivity index (χ4n) is 2.59. The summed E-state index contributed by atoms with van der Waals surface area (Å²) in [6, 6.07) is 21.2. The Labute approximate surface area is 158 Å². The lowest BCUT2D eigenvalue weighted by Crippen LogP contribution is -2.16. The van der Waals surface area contributed by atoms with E-state index < -0.39 is 0 Å². The highest BCUT2D eigenvalue weighted by Crippen LogP contribution is 2.18. The molecule has 5 nitrogen and oxygen atoms in total. The van der Waals surface area contributed by atoms with Crippen LogP contribution >= 0.6 is 0 Å². The number of aryl methyl sites for hydroxylation is 1. The van der Waals surface area contributed by atoms with Gasteiger partial charge in [-0.25, -0.2) is 0 Å². The minimum atomic E-state index is -0.286. The van der Waals surface area contributed by atoms with E-state index in [0.717, 1.165) is 11.3 Å². The Morgan fingerprint density at radius 3 is 2.04 bits per heavy atom. The summed E-state index contributed by atoms with van der Waals surface area (Å²) in [5.74, 6) is 0.164. The van der Waals surface area contributed by atoms with Gasteiger partial charge in [-0.3, -0.25) is 9.59 Å². The molecule has 0 radical (unpaired) electrons. The molecule has 3 rings (SSSR count). The lowest BCUT2D eigenvalue weighted by molar-refractivity contribution is 0.102. The first kappa shape index (κ1) is 18.2. The topological polar surface area (TPSA) is 67.4 Å². The van der Waals surface area contributed by atoms with Crippen LogP contribution in [0.4, 0.5) is 11.4 Å². The van der Waals surface area contributed by atoms with E-state index in [1.807, 2.05) is 31.2 Å². The smallest absolute Gasteiger partial charge is 0.255 e. The third kappa shape index (κ3) is 4.52. The van der Waals surface area contributed by atoms with Crippen LogP contribution in [0.5, 0.6) is 5.75 Å². The predicted octanol–water partition coefficient (Wildman–Crippen LogP) is 4.51. The van der Waals surface area contributed by atoms with Crippen molar-refractivity contribution in [2.24, 2.45) is 0 Å². The molecule has 136 valence electrons. The van der Waals surface area contributed by atoms with E-state index in [9.17, 15) is 9.59 Å². The largest absolute Gasteiger partial charge is 0.497 e. The Morgan fingerprint density at radius 2 is 1.41 bits per heavy atom. The molecule has 0 saturated carbocycles. The van der Waals surface area contributed by atoms with Gasteiger partial charge in [-0.15, -0.1) is 0 Å². The van der Waals surface area contributed by atoms with Crippen molar-refractivity contribution in [2.45, 2.75) is 6.92 Å². The molecule has 0 spiro atoms. The number of nitrogens with one attached hydrogen (secondary N) is 2. The highest BCUT2D eigenvalue weighted by Gasteiger charge is 2.12. The second kappa shape index (κ2) is 8.19. The SMILES string of the molecule is COc1ccc(NC(=O)c2cccc(C(=O)Nc3ccccc3C)c2)cc1. The number of para-hydroxylation sites is 1. The van der Waals surface area contributed by atoms with E-state index in [2.05, 4.69) is 10.6 Å². The molecular weight excluding hydrogens is 340 g/mol. The highest BCUT2D eigenvalue weighted by atomic mass is 16.5. The zero-order valence-electron chi connectivity index (χ0n) is 15.2. The quantitative estimate of drug-likeness (QED) is 0.703. The summed E-state index contributed by atoms with van der Waals surface area (Å²) in [5.41, 5.74) is 3.19. The van der Waals surface area contributed by atoms with Gasteiger partial charge < -0.3 is 15.4 Å². The summed E-state index contributed by atoms with van der Waals surface area (Å²) in [6.45, 7) is 1.92. The average molecular weight is 360 g/mol. The number of carbonyl (C=O) groups excluding carboxylic acids is 2. The molecule has 0 heterocycles. The number of ether oxygens (including phenoxy) is 1. The molecule has 0 fully saturated rings. The van der Waals surface area contributed by atoms with Crippen LogP contribution in [0.25, 0.3) is 0 Å². The minimum absolute atomic E-state index is 0.261. The van der Waals surface area contributed by atoms with Crippen LogP contribution in [0.2, 0.25) is 0 Å². The molecule has 0 aromatic heterocycles. The van der Waals surface area contributed by atoms with Gasteiger partial charge in [0.05, 0.1) is 7.11 Å². The van der Waals surface area contributed by atoms with Gasteiger partial charge in [-0.2, -0.15) is 0 Å². The van der Waals surface area contributed by atoms with Crippen LogP contribution < -0.4 is 15.4 Å². The van der Waals surface area contributed by atoms with E-state index in [1.165, 1.54) is 0 Å². The summed E-state index contributed by atoms with van der Waals surface area (Å²) < 4.78 is 5.10. The molecule has 5 heteroatoms. The summed E-state index contributed by atoms with van der Waals surface area (Å²) in [5, 5.41) is 5.68. The monoisotopic (exact) mass is 360 g/mol. The first-order valence-corrected chi connectivity index (χ1v) is 8.49. The second-order valence-electron chi connectivity index (χ2n) is 6.03. The molecule has 0 unspecified atom stereocenters. The minimum Gasteiger partial charge on any atom is -0.497 e. The molecular formula is C22H20N2O3. The molecule has 0 aliphatic carbocycles. The third-order valence-electron chi connectivity index (χ3n) is 4.13. The van der Waals surface area contributed by atoms with Crippen LogP contribution in [-0.2, 0) is 0 Å². The van der Waals surface area contributed by atoms with Crippen molar-refractivity contribution in [3.63, 3.8) is 0 Å². The number of benzene rings is 3. The Balaban J connectivity index is 1.73. The molecule has 27 heavy (non-hydrogen) atoms. The maximum atomic E-state index is 12.5. The summed E-state index contributed by atoms with van der Waals surface area (Å²) >= 11 is 0. The fourth-order valence-corrected chi connectivity index (χ4v) is 2.59. The maximum absolute atomic E-state index is 12.5. The Kier molecular flexibility index (Phi) is 5.52. The van der Waals surface area contributed by atoms with E-state index in [4.69, 9.17) is 4.74 Å². The average Bonchev–Trinajstić information content (AvgIpc) is 2.70. The number of carbonyl (C=O) groups is 2. The number of methoxy groups -OCH3 is 1. The normalized spacial score (nSPS) is 10.1. The van der Waals surface area contributed by atoms with Crippen molar-refractivity contribution in [1.82, 2.24) is 0 Å². The highest BCUT2D eigenvalue weighted by molar-refractivity contribution is 6.08. The number of hydrogen-bond donors (Lipinski definition) is 2. The summed E-state index contributed by atoms with van der Waals surface area (Å²) in [4.78, 5) is 25.0. The molecule has 3 aromatic rings. The van der Waals surface area contributed by atoms with Crippen LogP contribution in [0.15, 0.2) is 72.8 Å². The number of amides is 2. The Morgan fingerprint density at radius 1 is 0.778 bits per heavy atom. The molecule has 0 atom stereocenters. The van der Waals surface area contributed by atoms with Gasteiger partial charge in [0.1, 0.15) is 5.75 Å². The van der Waals surface area contributed by atoms with Crippen LogP contribution in [0.3, 0.4) is 0 Å². The van der Waals surface area contributed by atoms with Gasteiger partial charge in [0.25, 0.3) is 11.8 Å². The predicted molar refractivity (Wildman–Crippen MR) is 107 cm³/mol. The first-order valence-electron chi connectivity index (χ1n) is 8.49. The van der Waals surface area contributed by atoms with Crippen molar-refractivity contribution < 1.29 is 14.3 Å². The van der Waals surface area contributed by atoms with Crippen LogP contribution in [-0.4, -0.2) is 18.9 Å². The summed E-state index contributed by atoms with van der Waals surface area (Å²) in [6.07, 6.45) is 0. The van der Waals surface area contributed by atoms with Gasteiger partial charge in [-0.1, -0.05) is 24.3 Å². The Hall–Kier alpha value is -3.60. The van der Waals surface area contributed by atoms with Crippen molar-refractivity contribution in [3.05, 3.63) is 89.5 Å². The molecule has 2 N–H and O–H groups in total. The molecule has 0 saturated heterocycles. The standard InChI is InChI=1S/C22H20N2O3/c1-15-6-3-4-9-20(15)24-22(26)17-8-5-7-16(14-17)21(25)23-18-10-12-19(27-2)13-11-18/h3-14H,1-2H3,(H,23,25)(H,24,26). The van der Waals surface area contributed by atoms with E-state index in [1.54, 1.807) is 55.6 Å². The van der Waals surface area contributed by atoms with Crippen molar-refractivity contribution in [2.75, 3.05) is 17.7 Å². The zero-order chi connectivity index (χ0) is 19.2. The van der Waals surface area contributed by atoms with Gasteiger partial charge in [0, 0.05) is 22.5 Å². The summed E-state index contributed by atoms with van der Waals surface area (Å²) in [7, 11) is 1.58. The van der Waals surface area contributed by atoms with Gasteiger partial charge in [0.2, 0.25) is 0 Å². The van der Waals surface area contributed by atoms with E-state index >= 15 is 0 Å². The van der Waals surface area contributed by atoms with Crippen LogP contribution in [0.1, 0.15) is 26.3 Å². The van der Waals surface area contributed by atoms with Gasteiger partial charge >= 0.3 is 0 Å². The van der Waals surface area contributed by atoms with Crippen molar-refractivity contribution in [1.29, 1.82) is 0 Å². The van der Waals surface area contributed by atoms with Crippen molar-refractivity contribution >= 4 is 23.2 Å². The van der Waals surface area contributed by atoms with Gasteiger partial charge in [-0.05, 0) is 61.0 Å². The number of rotatable bonds is 5. The lowest BCUT2D eigenvalue weighted by Gasteiger charge is -2.10. The molecule has 3 aromatic carbocycles. The zero-order valence-corrected chi connectivity index (χ0v) is 15.2. The molecule has 2 amide bonds. The van der Waals surface area contributed by atoms with E-state index in [0.29, 0.717) is 22.6 Å². The Bertz CT molecular complexity index is 965. The maximum Gasteiger partial charge on any atom is 0.255 e. The number of anilines is 2. The van der Waals surface area contributed by atoms with Crippen molar-refractivity contribution in [3.8, 4) is 5.75 Å². The third-order valence-corrected chi connectivity index (χ3v) is 4.13. The van der Waals surface area contributed by atoms with Crippen LogP contribution in [0, 0.1) is 6.92 Å². The fraction of sp³-hybridized carbons (Fsp3) is 0.0909. The second-order valence-corrected chi connectivity index (χ2v) is 6.03. The molecule has 0 aliphatic rings.